The number of esters is 1. The first-order chi connectivity index (χ1) is 11.0. The molecule has 3 heteroatoms. The number of rotatable bonds is 6. The lowest BCUT2D eigenvalue weighted by Gasteiger charge is -2.20. The molecule has 0 aliphatic rings. The van der Waals surface area contributed by atoms with Crippen molar-refractivity contribution in [2.24, 2.45) is 0 Å². The number of ether oxygens (including phenoxy) is 1. The predicted molar refractivity (Wildman–Crippen MR) is 99.8 cm³/mol. The van der Waals surface area contributed by atoms with E-state index in [0.29, 0.717) is 12.2 Å². The van der Waals surface area contributed by atoms with Crippen LogP contribution in [0.3, 0.4) is 0 Å². The van der Waals surface area contributed by atoms with Crippen LogP contribution in [0.1, 0.15) is 22.8 Å². The third kappa shape index (κ3) is 4.93. The molecule has 0 N–H and O–H groups in total. The molecule has 0 aliphatic heterocycles. The molecule has 120 valence electrons. The fourth-order valence-electron chi connectivity index (χ4n) is 2.44. The van der Waals surface area contributed by atoms with E-state index >= 15 is 0 Å². The molecule has 0 radical (unpaired) electrons. The highest BCUT2D eigenvalue weighted by atomic mass is 28.3. The van der Waals surface area contributed by atoms with E-state index < -0.39 is 8.07 Å². The zero-order valence-electron chi connectivity index (χ0n) is 14.1. The van der Waals surface area contributed by atoms with Crippen molar-refractivity contribution in [3.8, 4) is 0 Å². The molecule has 0 spiro atoms. The number of hydrogen-bond acceptors (Lipinski definition) is 2. The van der Waals surface area contributed by atoms with Crippen LogP contribution in [0.15, 0.2) is 60.7 Å². The van der Waals surface area contributed by atoms with E-state index in [2.05, 4.69) is 55.6 Å². The van der Waals surface area contributed by atoms with Crippen LogP contribution in [-0.4, -0.2) is 20.7 Å². The van der Waals surface area contributed by atoms with E-state index in [1.807, 2.05) is 31.2 Å². The van der Waals surface area contributed by atoms with Gasteiger partial charge in [0.2, 0.25) is 0 Å². The van der Waals surface area contributed by atoms with Crippen molar-refractivity contribution >= 4 is 25.3 Å². The van der Waals surface area contributed by atoms with Gasteiger partial charge in [-0.1, -0.05) is 72.9 Å². The molecule has 0 aromatic heterocycles. The highest BCUT2D eigenvalue weighted by molar-refractivity contribution is 6.90. The van der Waals surface area contributed by atoms with Crippen LogP contribution >= 0.6 is 0 Å². The minimum atomic E-state index is -1.43. The highest BCUT2D eigenvalue weighted by Crippen LogP contribution is 2.13. The molecule has 2 aromatic carbocycles. The largest absolute Gasteiger partial charge is 0.462 e. The van der Waals surface area contributed by atoms with Gasteiger partial charge in [-0.15, -0.1) is 0 Å². The van der Waals surface area contributed by atoms with Gasteiger partial charge in [-0.25, -0.2) is 4.79 Å². The van der Waals surface area contributed by atoms with Gasteiger partial charge in [0.25, 0.3) is 0 Å². The Morgan fingerprint density at radius 2 is 1.70 bits per heavy atom. The van der Waals surface area contributed by atoms with Gasteiger partial charge in [0, 0.05) is 0 Å². The summed E-state index contributed by atoms with van der Waals surface area (Å²) in [5, 5.41) is 1.47. The maximum Gasteiger partial charge on any atom is 0.338 e. The topological polar surface area (TPSA) is 26.3 Å². The summed E-state index contributed by atoms with van der Waals surface area (Å²) in [5.74, 6) is -0.263. The monoisotopic (exact) mass is 324 g/mol. The average molecular weight is 324 g/mol. The van der Waals surface area contributed by atoms with Crippen LogP contribution in [0.4, 0.5) is 0 Å². The summed E-state index contributed by atoms with van der Waals surface area (Å²) in [6.07, 6.45) is 4.38. The molecular weight excluding hydrogens is 300 g/mol. The van der Waals surface area contributed by atoms with Gasteiger partial charge in [-0.3, -0.25) is 0 Å². The van der Waals surface area contributed by atoms with Crippen LogP contribution in [0.2, 0.25) is 19.1 Å². The molecular formula is C20H24O2Si. The first kappa shape index (κ1) is 17.2. The Kier molecular flexibility index (Phi) is 5.94. The molecule has 2 aromatic rings. The predicted octanol–water partition coefficient (Wildman–Crippen LogP) is 4.49. The number of carbonyl (C=O) groups is 1. The fourth-order valence-corrected chi connectivity index (χ4v) is 4.48. The summed E-state index contributed by atoms with van der Waals surface area (Å²) >= 11 is 0. The van der Waals surface area contributed by atoms with Gasteiger partial charge in [0.1, 0.15) is 0 Å². The molecule has 0 saturated heterocycles. The summed E-state index contributed by atoms with van der Waals surface area (Å²) in [7, 11) is -1.43. The molecule has 2 nitrogen and oxygen atoms in total. The Morgan fingerprint density at radius 3 is 2.30 bits per heavy atom. The van der Waals surface area contributed by atoms with Gasteiger partial charge in [-0.05, 0) is 30.7 Å². The second kappa shape index (κ2) is 7.93. The van der Waals surface area contributed by atoms with Gasteiger partial charge in [0.05, 0.1) is 20.2 Å². The fraction of sp³-hybridized carbons (Fsp3) is 0.250. The van der Waals surface area contributed by atoms with Gasteiger partial charge in [-0.2, -0.15) is 0 Å². The van der Waals surface area contributed by atoms with Crippen LogP contribution in [0, 0.1) is 0 Å². The van der Waals surface area contributed by atoms with Crippen molar-refractivity contribution in [3.05, 3.63) is 71.8 Å². The molecule has 0 heterocycles. The van der Waals surface area contributed by atoms with Crippen LogP contribution in [-0.2, 0) is 4.74 Å². The van der Waals surface area contributed by atoms with Crippen molar-refractivity contribution in [1.29, 1.82) is 0 Å². The third-order valence-electron chi connectivity index (χ3n) is 3.92. The first-order valence-corrected chi connectivity index (χ1v) is 11.2. The lowest BCUT2D eigenvalue weighted by Crippen LogP contribution is -2.40. The molecule has 0 aliphatic carbocycles. The van der Waals surface area contributed by atoms with Gasteiger partial charge in [0.15, 0.2) is 0 Å². The third-order valence-corrected chi connectivity index (χ3v) is 7.07. The Morgan fingerprint density at radius 1 is 1.04 bits per heavy atom. The number of carbonyl (C=O) groups excluding carboxylic acids is 1. The Hall–Kier alpha value is -2.13. The second-order valence-electron chi connectivity index (χ2n) is 6.20. The van der Waals surface area contributed by atoms with Gasteiger partial charge < -0.3 is 4.74 Å². The maximum absolute atomic E-state index is 11.6. The van der Waals surface area contributed by atoms with E-state index in [1.165, 1.54) is 5.19 Å². The zero-order valence-corrected chi connectivity index (χ0v) is 15.1. The van der Waals surface area contributed by atoms with Crippen LogP contribution in [0.5, 0.6) is 0 Å². The summed E-state index contributed by atoms with van der Waals surface area (Å²) < 4.78 is 4.99. The van der Waals surface area contributed by atoms with Crippen molar-refractivity contribution < 1.29 is 9.53 Å². The Balaban J connectivity index is 1.99. The maximum atomic E-state index is 11.6. The van der Waals surface area contributed by atoms with Crippen molar-refractivity contribution in [2.45, 2.75) is 26.1 Å². The number of hydrogen-bond donors (Lipinski definition) is 0. The molecule has 2 rings (SSSR count). The molecule has 0 saturated carbocycles. The van der Waals surface area contributed by atoms with E-state index in [-0.39, 0.29) is 5.97 Å². The molecule has 0 bridgehead atoms. The number of benzene rings is 2. The summed E-state index contributed by atoms with van der Waals surface area (Å²) in [6, 6.07) is 19.4. The van der Waals surface area contributed by atoms with Crippen LogP contribution < -0.4 is 5.19 Å². The number of allylic oxidation sites excluding steroid dienone is 1. The molecule has 0 amide bonds. The molecule has 0 fully saturated rings. The van der Waals surface area contributed by atoms with Crippen LogP contribution in [0.25, 0.3) is 6.08 Å². The summed E-state index contributed by atoms with van der Waals surface area (Å²) in [5.41, 5.74) is 1.71. The molecule has 23 heavy (non-hydrogen) atoms. The van der Waals surface area contributed by atoms with E-state index in [4.69, 9.17) is 4.74 Å². The summed E-state index contributed by atoms with van der Waals surface area (Å²) in [6.45, 7) is 6.99. The Labute approximate surface area is 139 Å². The standard InChI is InChI=1S/C20H24O2Si/c1-4-22-20(21)18-14-12-17(13-15-18)9-8-16-23(2,3)19-10-6-5-7-11-19/h5-15H,4,16H2,1-3H3/b9-8+. The molecule has 0 atom stereocenters. The highest BCUT2D eigenvalue weighted by Gasteiger charge is 2.20. The summed E-state index contributed by atoms with van der Waals surface area (Å²) in [4.78, 5) is 11.6. The smallest absolute Gasteiger partial charge is 0.338 e. The minimum absolute atomic E-state index is 0.263. The van der Waals surface area contributed by atoms with Crippen molar-refractivity contribution in [2.75, 3.05) is 6.61 Å². The molecule has 0 unspecified atom stereocenters. The van der Waals surface area contributed by atoms with E-state index in [1.54, 1.807) is 0 Å². The lowest BCUT2D eigenvalue weighted by molar-refractivity contribution is 0.0526. The second-order valence-corrected chi connectivity index (χ2v) is 11.0. The minimum Gasteiger partial charge on any atom is -0.462 e. The zero-order chi connectivity index (χ0) is 16.7. The van der Waals surface area contributed by atoms with Gasteiger partial charge >= 0.3 is 5.97 Å². The van der Waals surface area contributed by atoms with Crippen molar-refractivity contribution in [1.82, 2.24) is 0 Å². The normalized spacial score (nSPS) is 11.6. The Bertz CT molecular complexity index is 658. The SMILES string of the molecule is CCOC(=O)c1ccc(/C=C/C[Si](C)(C)c2ccccc2)cc1. The average Bonchev–Trinajstić information content (AvgIpc) is 2.56. The lowest BCUT2D eigenvalue weighted by atomic mass is 10.1. The van der Waals surface area contributed by atoms with Crippen molar-refractivity contribution in [3.63, 3.8) is 0 Å². The van der Waals surface area contributed by atoms with E-state index in [9.17, 15) is 4.79 Å². The van der Waals surface area contributed by atoms with E-state index in [0.717, 1.165) is 11.6 Å². The first-order valence-electron chi connectivity index (χ1n) is 8.02. The quantitative estimate of drug-likeness (QED) is 0.578.